The summed E-state index contributed by atoms with van der Waals surface area (Å²) in [7, 11) is 0. The number of hydrogen-bond donors (Lipinski definition) is 1. The van der Waals surface area contributed by atoms with Crippen LogP contribution in [-0.4, -0.2) is 62.6 Å². The Balaban J connectivity index is 2.13. The molecule has 7 nitrogen and oxygen atoms in total. The van der Waals surface area contributed by atoms with E-state index >= 15 is 0 Å². The third-order valence-electron chi connectivity index (χ3n) is 5.41. The monoisotopic (exact) mass is 568 g/mol. The number of thiocarbonyl (C=S) groups is 1. The van der Waals surface area contributed by atoms with Crippen molar-refractivity contribution in [2.45, 2.75) is 77.7 Å². The average molecular weight is 569 g/mol. The third-order valence-corrected chi connectivity index (χ3v) is 7.17. The summed E-state index contributed by atoms with van der Waals surface area (Å²) < 4.78 is 11.5. The smallest absolute Gasteiger partial charge is 0.408 e. The van der Waals surface area contributed by atoms with E-state index in [0.29, 0.717) is 28.8 Å². The van der Waals surface area contributed by atoms with E-state index < -0.39 is 29.8 Å². The zero-order valence-corrected chi connectivity index (χ0v) is 24.5. The average Bonchev–Trinajstić information content (AvgIpc) is 3.16. The number of nitrogens with one attached hydrogen (secondary N) is 1. The predicted octanol–water partition coefficient (Wildman–Crippen LogP) is 5.49. The van der Waals surface area contributed by atoms with Gasteiger partial charge in [-0.25, -0.2) is 9.59 Å². The summed E-state index contributed by atoms with van der Waals surface area (Å²) in [6.07, 6.45) is 3.06. The quantitative estimate of drug-likeness (QED) is 0.163. The second-order valence-corrected chi connectivity index (χ2v) is 12.2. The molecule has 204 valence electrons. The lowest BCUT2D eigenvalue weighted by Crippen LogP contribution is -2.48. The van der Waals surface area contributed by atoms with Crippen LogP contribution in [0.3, 0.4) is 0 Å². The van der Waals surface area contributed by atoms with Crippen molar-refractivity contribution < 1.29 is 23.9 Å². The minimum absolute atomic E-state index is 0.0756. The molecule has 2 rings (SSSR count). The number of rotatable bonds is 11. The van der Waals surface area contributed by atoms with Crippen molar-refractivity contribution in [1.82, 2.24) is 10.2 Å². The maximum absolute atomic E-state index is 13.4. The zero-order chi connectivity index (χ0) is 27.6. The highest BCUT2D eigenvalue weighted by atomic mass is 35.5. The van der Waals surface area contributed by atoms with Crippen LogP contribution >= 0.6 is 35.6 Å². The SMILES string of the molecule is CC(C)[C@H](NC(=O)OC(C)(C)C)C(=O)O[C@H](/C=C/CCCl)CC(=O)N1C(=S)SCC1Cc1ccccc1. The highest BCUT2D eigenvalue weighted by molar-refractivity contribution is 8.23. The van der Waals surface area contributed by atoms with Crippen molar-refractivity contribution in [3.63, 3.8) is 0 Å². The number of amides is 2. The molecule has 10 heteroatoms. The number of carbonyl (C=O) groups excluding carboxylic acids is 3. The first-order chi connectivity index (χ1) is 17.4. The number of benzene rings is 1. The fourth-order valence-corrected chi connectivity index (χ4v) is 5.26. The van der Waals surface area contributed by atoms with Crippen LogP contribution in [0.4, 0.5) is 4.79 Å². The Bertz CT molecular complexity index is 965. The topological polar surface area (TPSA) is 84.9 Å². The maximum Gasteiger partial charge on any atom is 0.408 e. The molecular weight excluding hydrogens is 532 g/mol. The summed E-state index contributed by atoms with van der Waals surface area (Å²) in [5, 5.41) is 2.59. The number of carbonyl (C=O) groups is 3. The van der Waals surface area contributed by atoms with Gasteiger partial charge in [0.05, 0.1) is 12.5 Å². The number of alkyl carbamates (subject to hydrolysis) is 1. The molecule has 1 aromatic carbocycles. The van der Waals surface area contributed by atoms with E-state index in [9.17, 15) is 14.4 Å². The van der Waals surface area contributed by atoms with Gasteiger partial charge in [-0.15, -0.1) is 11.6 Å². The second kappa shape index (κ2) is 14.7. The minimum Gasteiger partial charge on any atom is -0.456 e. The molecule has 1 N–H and O–H groups in total. The molecule has 0 aromatic heterocycles. The van der Waals surface area contributed by atoms with Gasteiger partial charge in [0.15, 0.2) is 0 Å². The van der Waals surface area contributed by atoms with Crippen LogP contribution in [-0.2, 0) is 25.5 Å². The lowest BCUT2D eigenvalue weighted by molar-refractivity contribution is -0.152. The lowest BCUT2D eigenvalue weighted by Gasteiger charge is -2.27. The number of alkyl halides is 1. The molecule has 1 saturated heterocycles. The fraction of sp³-hybridized carbons (Fsp3) is 0.556. The van der Waals surface area contributed by atoms with Crippen molar-refractivity contribution in [1.29, 1.82) is 0 Å². The zero-order valence-electron chi connectivity index (χ0n) is 22.1. The summed E-state index contributed by atoms with van der Waals surface area (Å²) >= 11 is 12.8. The van der Waals surface area contributed by atoms with Crippen LogP contribution in [0, 0.1) is 5.92 Å². The summed E-state index contributed by atoms with van der Waals surface area (Å²) in [4.78, 5) is 40.4. The Morgan fingerprint density at radius 2 is 1.92 bits per heavy atom. The molecule has 3 atom stereocenters. The van der Waals surface area contributed by atoms with E-state index in [1.807, 2.05) is 30.3 Å². The second-order valence-electron chi connectivity index (χ2n) is 10.1. The summed E-state index contributed by atoms with van der Waals surface area (Å²) in [6, 6.07) is 8.92. The number of esters is 1. The minimum atomic E-state index is -0.942. The van der Waals surface area contributed by atoms with Gasteiger partial charge in [0.25, 0.3) is 0 Å². The van der Waals surface area contributed by atoms with E-state index in [1.54, 1.807) is 51.7 Å². The van der Waals surface area contributed by atoms with E-state index in [0.717, 1.165) is 5.56 Å². The van der Waals surface area contributed by atoms with Gasteiger partial charge in [-0.1, -0.05) is 74.2 Å². The first-order valence-corrected chi connectivity index (χ1v) is 14.3. The molecule has 37 heavy (non-hydrogen) atoms. The highest BCUT2D eigenvalue weighted by Gasteiger charge is 2.36. The number of ether oxygens (including phenoxy) is 2. The lowest BCUT2D eigenvalue weighted by atomic mass is 10.0. The van der Waals surface area contributed by atoms with Crippen molar-refractivity contribution >= 4 is 57.9 Å². The number of thioether (sulfide) groups is 1. The van der Waals surface area contributed by atoms with E-state index in [4.69, 9.17) is 33.3 Å². The standard InChI is InChI=1S/C27H37ClN2O5S2/c1-18(2)23(29-25(33)35-27(3,4)5)24(32)34-21(13-9-10-14-28)16-22(31)30-20(17-37-26(30)36)15-19-11-7-6-8-12-19/h6-9,11-13,18,20-21,23H,10,14-17H2,1-5H3,(H,29,33)/b13-9+/t20?,21-,23+/m1/s1. The molecule has 0 bridgehead atoms. The van der Waals surface area contributed by atoms with Gasteiger partial charge in [-0.3, -0.25) is 9.69 Å². The van der Waals surface area contributed by atoms with Gasteiger partial charge < -0.3 is 14.8 Å². The van der Waals surface area contributed by atoms with Crippen LogP contribution in [0.15, 0.2) is 42.5 Å². The molecule has 1 aromatic rings. The van der Waals surface area contributed by atoms with Crippen LogP contribution < -0.4 is 5.32 Å². The molecule has 0 radical (unpaired) electrons. The van der Waals surface area contributed by atoms with Gasteiger partial charge in [-0.05, 0) is 51.2 Å². The van der Waals surface area contributed by atoms with E-state index in [1.165, 1.54) is 11.8 Å². The van der Waals surface area contributed by atoms with E-state index in [2.05, 4.69) is 5.32 Å². The van der Waals surface area contributed by atoms with Crippen molar-refractivity contribution in [2.75, 3.05) is 11.6 Å². The molecule has 1 aliphatic rings. The van der Waals surface area contributed by atoms with Crippen molar-refractivity contribution in [3.8, 4) is 0 Å². The largest absolute Gasteiger partial charge is 0.456 e. The Kier molecular flexibility index (Phi) is 12.4. The Labute approximate surface area is 234 Å². The van der Waals surface area contributed by atoms with Gasteiger partial charge in [0, 0.05) is 11.6 Å². The molecule has 0 saturated carbocycles. The molecule has 1 heterocycles. The molecule has 0 aliphatic carbocycles. The fourth-order valence-electron chi connectivity index (χ4n) is 3.69. The summed E-state index contributed by atoms with van der Waals surface area (Å²) in [5.41, 5.74) is 0.408. The van der Waals surface area contributed by atoms with Gasteiger partial charge in [0.2, 0.25) is 5.91 Å². The molecular formula is C27H37ClN2O5S2. The normalized spacial score (nSPS) is 17.6. The van der Waals surface area contributed by atoms with Crippen molar-refractivity contribution in [2.24, 2.45) is 5.92 Å². The first-order valence-electron chi connectivity index (χ1n) is 12.4. The number of nitrogens with zero attached hydrogens (tertiary/aromatic N) is 1. The Morgan fingerprint density at radius 3 is 2.51 bits per heavy atom. The number of hydrogen-bond acceptors (Lipinski definition) is 7. The van der Waals surface area contributed by atoms with E-state index in [-0.39, 0.29) is 24.3 Å². The molecule has 2 amide bonds. The van der Waals surface area contributed by atoms with Gasteiger partial charge >= 0.3 is 12.1 Å². The van der Waals surface area contributed by atoms with Gasteiger partial charge in [-0.2, -0.15) is 0 Å². The summed E-state index contributed by atoms with van der Waals surface area (Å²) in [6.45, 7) is 8.81. The predicted molar refractivity (Wildman–Crippen MR) is 153 cm³/mol. The van der Waals surface area contributed by atoms with Crippen molar-refractivity contribution in [3.05, 3.63) is 48.0 Å². The molecule has 1 aliphatic heterocycles. The Hall–Kier alpha value is -2.10. The number of allylic oxidation sites excluding steroid dienone is 1. The molecule has 1 unspecified atom stereocenters. The van der Waals surface area contributed by atoms with Crippen LogP contribution in [0.5, 0.6) is 0 Å². The Morgan fingerprint density at radius 1 is 1.24 bits per heavy atom. The van der Waals surface area contributed by atoms with Gasteiger partial charge in [0.1, 0.15) is 22.1 Å². The highest BCUT2D eigenvalue weighted by Crippen LogP contribution is 2.28. The van der Waals surface area contributed by atoms with Crippen LogP contribution in [0.1, 0.15) is 53.0 Å². The molecule has 1 fully saturated rings. The maximum atomic E-state index is 13.4. The van der Waals surface area contributed by atoms with Crippen LogP contribution in [0.2, 0.25) is 0 Å². The first kappa shape index (κ1) is 31.1. The summed E-state index contributed by atoms with van der Waals surface area (Å²) in [5.74, 6) is -0.0208. The third kappa shape index (κ3) is 10.7. The number of halogens is 1. The van der Waals surface area contributed by atoms with Crippen LogP contribution in [0.25, 0.3) is 0 Å². The molecule has 0 spiro atoms.